The van der Waals surface area contributed by atoms with Gasteiger partial charge in [-0.15, -0.1) is 0 Å². The third-order valence-electron chi connectivity index (χ3n) is 0.642. The van der Waals surface area contributed by atoms with Gasteiger partial charge in [0.15, 0.2) is 0 Å². The van der Waals surface area contributed by atoms with Crippen molar-refractivity contribution in [2.75, 3.05) is 0 Å². The molecule has 0 fully saturated rings. The van der Waals surface area contributed by atoms with E-state index in [1.165, 1.54) is 0 Å². The van der Waals surface area contributed by atoms with Gasteiger partial charge in [0.25, 0.3) is 0 Å². The van der Waals surface area contributed by atoms with Crippen LogP contribution in [0.5, 0.6) is 0 Å². The minimum Gasteiger partial charge on any atom is -0.481 e. The summed E-state index contributed by atoms with van der Waals surface area (Å²) in [5, 5.41) is 8.25. The predicted molar refractivity (Wildman–Crippen MR) is 27.1 cm³/mol. The van der Waals surface area contributed by atoms with Gasteiger partial charge >= 0.3 is 5.97 Å². The Kier molecular flexibility index (Phi) is 4.75. The molecule has 0 saturated heterocycles. The van der Waals surface area contributed by atoms with Crippen molar-refractivity contribution in [3.63, 3.8) is 0 Å². The number of carbonyl (C=O) groups is 1. The van der Waals surface area contributed by atoms with Crippen LogP contribution in [0.3, 0.4) is 0 Å². The van der Waals surface area contributed by atoms with E-state index in [4.69, 9.17) is 5.11 Å². The Hall–Kier alpha value is 0.353. The van der Waals surface area contributed by atoms with Crippen molar-refractivity contribution in [2.45, 2.75) is 20.8 Å². The molecule has 0 aromatic rings. The SMILES string of the molecule is CC(C)(C)C(=O)O.[Zr]. The van der Waals surface area contributed by atoms with Crippen molar-refractivity contribution in [1.82, 2.24) is 0 Å². The van der Waals surface area contributed by atoms with Crippen molar-refractivity contribution in [1.29, 1.82) is 0 Å². The van der Waals surface area contributed by atoms with Crippen LogP contribution in [0.25, 0.3) is 0 Å². The summed E-state index contributed by atoms with van der Waals surface area (Å²) in [4.78, 5) is 10.0. The Morgan fingerprint density at radius 2 is 1.50 bits per heavy atom. The van der Waals surface area contributed by atoms with Crippen LogP contribution in [0.1, 0.15) is 20.8 Å². The topological polar surface area (TPSA) is 37.3 Å². The van der Waals surface area contributed by atoms with Gasteiger partial charge in [0, 0.05) is 26.2 Å². The molecular formula is C5H10O2Zr. The zero-order valence-electron chi connectivity index (χ0n) is 5.36. The number of hydrogen-bond acceptors (Lipinski definition) is 1. The number of rotatable bonds is 0. The molecule has 2 nitrogen and oxygen atoms in total. The maximum atomic E-state index is 10.0. The smallest absolute Gasteiger partial charge is 0.308 e. The first-order valence-electron chi connectivity index (χ1n) is 2.18. The monoisotopic (exact) mass is 192 g/mol. The second-order valence-electron chi connectivity index (χ2n) is 2.56. The fraction of sp³-hybridized carbons (Fsp3) is 0.800. The molecule has 0 aliphatic rings. The molecule has 0 heterocycles. The van der Waals surface area contributed by atoms with Gasteiger partial charge in [-0.25, -0.2) is 0 Å². The van der Waals surface area contributed by atoms with Gasteiger partial charge in [0.2, 0.25) is 0 Å². The van der Waals surface area contributed by atoms with Crippen LogP contribution in [-0.4, -0.2) is 11.1 Å². The van der Waals surface area contributed by atoms with Gasteiger partial charge in [-0.3, -0.25) is 4.79 Å². The summed E-state index contributed by atoms with van der Waals surface area (Å²) in [6, 6.07) is 0. The molecule has 0 spiro atoms. The number of hydrogen-bond donors (Lipinski definition) is 1. The molecule has 0 saturated carbocycles. The standard InChI is InChI=1S/C5H10O2.Zr/c1-5(2,3)4(6)7;/h1-3H3,(H,6,7);. The van der Waals surface area contributed by atoms with Crippen LogP contribution >= 0.6 is 0 Å². The molecule has 0 radical (unpaired) electrons. The van der Waals surface area contributed by atoms with Gasteiger partial charge in [0.1, 0.15) is 0 Å². The second-order valence-corrected chi connectivity index (χ2v) is 2.56. The minimum absolute atomic E-state index is 0. The molecule has 0 rings (SSSR count). The molecule has 0 aromatic heterocycles. The van der Waals surface area contributed by atoms with E-state index in [-0.39, 0.29) is 26.2 Å². The van der Waals surface area contributed by atoms with E-state index in [2.05, 4.69) is 0 Å². The summed E-state index contributed by atoms with van der Waals surface area (Å²) in [6.45, 7) is 4.99. The third kappa shape index (κ3) is 4.51. The zero-order chi connectivity index (χ0) is 6.08. The number of aliphatic carboxylic acids is 1. The number of carboxylic acid groups (broad SMARTS) is 1. The third-order valence-corrected chi connectivity index (χ3v) is 0.642. The van der Waals surface area contributed by atoms with E-state index in [1.54, 1.807) is 20.8 Å². The average molecular weight is 193 g/mol. The van der Waals surface area contributed by atoms with Crippen LogP contribution in [0.15, 0.2) is 0 Å². The molecule has 0 unspecified atom stereocenters. The van der Waals surface area contributed by atoms with Crippen LogP contribution < -0.4 is 0 Å². The van der Waals surface area contributed by atoms with Gasteiger partial charge < -0.3 is 5.11 Å². The zero-order valence-corrected chi connectivity index (χ0v) is 7.81. The predicted octanol–water partition coefficient (Wildman–Crippen LogP) is 1.11. The summed E-state index contributed by atoms with van der Waals surface area (Å²) in [7, 11) is 0. The fourth-order valence-corrected chi connectivity index (χ4v) is 0. The summed E-state index contributed by atoms with van der Waals surface area (Å²) in [5.74, 6) is -0.757. The maximum Gasteiger partial charge on any atom is 0.308 e. The maximum absolute atomic E-state index is 10.0. The molecule has 0 bridgehead atoms. The van der Waals surface area contributed by atoms with Crippen molar-refractivity contribution in [3.05, 3.63) is 0 Å². The molecule has 1 N–H and O–H groups in total. The molecule has 0 aliphatic carbocycles. The van der Waals surface area contributed by atoms with E-state index >= 15 is 0 Å². The van der Waals surface area contributed by atoms with Crippen molar-refractivity contribution in [2.24, 2.45) is 5.41 Å². The summed E-state index contributed by atoms with van der Waals surface area (Å²) >= 11 is 0. The first-order valence-corrected chi connectivity index (χ1v) is 2.18. The normalized spacial score (nSPS) is 9.88. The minimum atomic E-state index is -0.757. The van der Waals surface area contributed by atoms with Crippen LogP contribution in [0.2, 0.25) is 0 Å². The molecule has 0 atom stereocenters. The van der Waals surface area contributed by atoms with E-state index in [9.17, 15) is 4.79 Å². The van der Waals surface area contributed by atoms with Gasteiger partial charge in [0.05, 0.1) is 5.41 Å². The van der Waals surface area contributed by atoms with Crippen LogP contribution in [0.4, 0.5) is 0 Å². The van der Waals surface area contributed by atoms with Crippen molar-refractivity contribution < 1.29 is 36.1 Å². The Bertz CT molecular complexity index is 82.9. The summed E-state index contributed by atoms with van der Waals surface area (Å²) < 4.78 is 0. The number of carboxylic acids is 1. The Morgan fingerprint density at radius 1 is 1.38 bits per heavy atom. The Balaban J connectivity index is 0. The first kappa shape index (κ1) is 11.2. The molecule has 3 heteroatoms. The fourth-order valence-electron chi connectivity index (χ4n) is 0. The van der Waals surface area contributed by atoms with Crippen LogP contribution in [-0.2, 0) is 31.0 Å². The van der Waals surface area contributed by atoms with Crippen molar-refractivity contribution >= 4 is 5.97 Å². The van der Waals surface area contributed by atoms with Crippen LogP contribution in [0, 0.1) is 5.41 Å². The summed E-state index contributed by atoms with van der Waals surface area (Å²) in [6.07, 6.45) is 0. The molecule has 8 heavy (non-hydrogen) atoms. The van der Waals surface area contributed by atoms with Crippen molar-refractivity contribution in [3.8, 4) is 0 Å². The summed E-state index contributed by atoms with van der Waals surface area (Å²) in [5.41, 5.74) is -0.583. The van der Waals surface area contributed by atoms with Gasteiger partial charge in [-0.05, 0) is 20.8 Å². The van der Waals surface area contributed by atoms with Gasteiger partial charge in [-0.2, -0.15) is 0 Å². The molecule has 0 amide bonds. The molecular weight excluding hydrogens is 183 g/mol. The molecule has 0 aromatic carbocycles. The quantitative estimate of drug-likeness (QED) is 0.626. The largest absolute Gasteiger partial charge is 0.481 e. The van der Waals surface area contributed by atoms with Gasteiger partial charge in [-0.1, -0.05) is 0 Å². The van der Waals surface area contributed by atoms with E-state index in [1.807, 2.05) is 0 Å². The Morgan fingerprint density at radius 3 is 1.50 bits per heavy atom. The first-order chi connectivity index (χ1) is 2.94. The Labute approximate surface area is 68.4 Å². The molecule has 0 aliphatic heterocycles. The second kappa shape index (κ2) is 3.39. The van der Waals surface area contributed by atoms with E-state index in [0.29, 0.717) is 0 Å². The van der Waals surface area contributed by atoms with E-state index < -0.39 is 11.4 Å². The molecule has 46 valence electrons. The van der Waals surface area contributed by atoms with E-state index in [0.717, 1.165) is 0 Å². The average Bonchev–Trinajstić information content (AvgIpc) is 1.31.